The summed E-state index contributed by atoms with van der Waals surface area (Å²) in [5.41, 5.74) is 8.38. The van der Waals surface area contributed by atoms with Gasteiger partial charge in [-0.15, -0.1) is 0 Å². The quantitative estimate of drug-likeness (QED) is 0.289. The van der Waals surface area contributed by atoms with Crippen LogP contribution in [0, 0.1) is 0 Å². The van der Waals surface area contributed by atoms with Crippen molar-refractivity contribution in [3.05, 3.63) is 32.9 Å². The molecule has 0 aromatic carbocycles. The van der Waals surface area contributed by atoms with Crippen LogP contribution in [0.1, 0.15) is 0 Å². The summed E-state index contributed by atoms with van der Waals surface area (Å²) < 4.78 is 0. The number of hydrogen-bond acceptors (Lipinski definition) is 2. The first kappa shape index (κ1) is 8.14. The van der Waals surface area contributed by atoms with E-state index in [1.54, 1.807) is 0 Å². The fourth-order valence-electron chi connectivity index (χ4n) is 0.517. The number of hydrogen-bond donors (Lipinski definition) is 0. The molecular formula is C5H2Cl2N4. The third-order valence-electron chi connectivity index (χ3n) is 0.942. The molecule has 0 bridgehead atoms. The topological polar surface area (TPSA) is 61.7 Å². The highest BCUT2D eigenvalue weighted by molar-refractivity contribution is 6.41. The molecular weight excluding hydrogens is 187 g/mol. The molecule has 0 aliphatic carbocycles. The van der Waals surface area contributed by atoms with Gasteiger partial charge in [-0.3, -0.25) is 0 Å². The summed E-state index contributed by atoms with van der Waals surface area (Å²) in [6.45, 7) is 0. The van der Waals surface area contributed by atoms with E-state index in [2.05, 4.69) is 15.0 Å². The summed E-state index contributed by atoms with van der Waals surface area (Å²) in [6.07, 6.45) is 1.34. The molecule has 0 amide bonds. The van der Waals surface area contributed by atoms with E-state index in [9.17, 15) is 0 Å². The summed E-state index contributed by atoms with van der Waals surface area (Å²) in [5, 5.41) is 3.76. The van der Waals surface area contributed by atoms with Crippen molar-refractivity contribution in [3.63, 3.8) is 0 Å². The van der Waals surface area contributed by atoms with Crippen LogP contribution in [0.15, 0.2) is 17.4 Å². The maximum Gasteiger partial charge on any atom is 0.147 e. The molecule has 0 aliphatic rings. The lowest BCUT2D eigenvalue weighted by atomic mass is 10.4. The summed E-state index contributed by atoms with van der Waals surface area (Å²) in [4.78, 5) is 6.23. The zero-order chi connectivity index (χ0) is 8.27. The van der Waals surface area contributed by atoms with E-state index in [1.165, 1.54) is 12.3 Å². The second kappa shape index (κ2) is 3.44. The number of rotatable bonds is 1. The van der Waals surface area contributed by atoms with E-state index in [0.717, 1.165) is 0 Å². The van der Waals surface area contributed by atoms with Gasteiger partial charge in [-0.05, 0) is 11.6 Å². The van der Waals surface area contributed by atoms with Gasteiger partial charge in [0.1, 0.15) is 5.15 Å². The van der Waals surface area contributed by atoms with Crippen LogP contribution in [0.4, 0.5) is 5.69 Å². The lowest BCUT2D eigenvalue weighted by molar-refractivity contribution is 1.30. The number of pyridine rings is 1. The Hall–Kier alpha value is -0.960. The van der Waals surface area contributed by atoms with Crippen molar-refractivity contribution in [2.75, 3.05) is 0 Å². The maximum absolute atomic E-state index is 8.03. The number of aromatic nitrogens is 1. The Morgan fingerprint density at radius 2 is 2.27 bits per heavy atom. The largest absolute Gasteiger partial charge is 0.243 e. The molecule has 1 rings (SSSR count). The molecule has 1 heterocycles. The van der Waals surface area contributed by atoms with E-state index in [0.29, 0.717) is 5.69 Å². The molecule has 0 atom stereocenters. The summed E-state index contributed by atoms with van der Waals surface area (Å²) in [6, 6.07) is 1.44. The monoisotopic (exact) mass is 188 g/mol. The zero-order valence-corrected chi connectivity index (χ0v) is 6.71. The molecule has 6 heteroatoms. The molecule has 0 N–H and O–H groups in total. The molecule has 1 aromatic rings. The van der Waals surface area contributed by atoms with Crippen LogP contribution >= 0.6 is 23.2 Å². The standard InChI is InChI=1S/C5H2Cl2N4/c6-4-1-3(10-11-8)2-9-5(4)7/h1-2H. The molecule has 0 saturated heterocycles. The van der Waals surface area contributed by atoms with Crippen molar-refractivity contribution >= 4 is 28.9 Å². The Balaban J connectivity index is 3.14. The third kappa shape index (κ3) is 1.98. The van der Waals surface area contributed by atoms with E-state index < -0.39 is 0 Å². The lowest BCUT2D eigenvalue weighted by Crippen LogP contribution is -1.73. The second-order valence-corrected chi connectivity index (χ2v) is 2.42. The van der Waals surface area contributed by atoms with Crippen molar-refractivity contribution in [2.45, 2.75) is 0 Å². The average Bonchev–Trinajstić information content (AvgIpc) is 1.98. The fourth-order valence-corrected chi connectivity index (χ4v) is 0.781. The smallest absolute Gasteiger partial charge is 0.147 e. The van der Waals surface area contributed by atoms with Gasteiger partial charge in [-0.1, -0.05) is 28.3 Å². The Morgan fingerprint density at radius 1 is 1.55 bits per heavy atom. The SMILES string of the molecule is [N-]=[N+]=Nc1cnc(Cl)c(Cl)c1. The van der Waals surface area contributed by atoms with Gasteiger partial charge in [0.25, 0.3) is 0 Å². The minimum absolute atomic E-state index is 0.198. The van der Waals surface area contributed by atoms with Crippen molar-refractivity contribution in [3.8, 4) is 0 Å². The highest BCUT2D eigenvalue weighted by Crippen LogP contribution is 2.23. The highest BCUT2D eigenvalue weighted by atomic mass is 35.5. The van der Waals surface area contributed by atoms with Gasteiger partial charge in [0.15, 0.2) is 0 Å². The minimum Gasteiger partial charge on any atom is -0.243 e. The number of azide groups is 1. The zero-order valence-electron chi connectivity index (χ0n) is 5.20. The second-order valence-electron chi connectivity index (χ2n) is 1.66. The van der Waals surface area contributed by atoms with Crippen LogP contribution in [0.5, 0.6) is 0 Å². The van der Waals surface area contributed by atoms with Crippen molar-refractivity contribution in [1.82, 2.24) is 4.98 Å². The molecule has 0 aliphatic heterocycles. The van der Waals surface area contributed by atoms with Crippen LogP contribution in [0.3, 0.4) is 0 Å². The molecule has 0 fully saturated rings. The lowest BCUT2D eigenvalue weighted by Gasteiger charge is -1.93. The molecule has 0 unspecified atom stereocenters. The van der Waals surface area contributed by atoms with E-state index in [4.69, 9.17) is 28.7 Å². The van der Waals surface area contributed by atoms with Gasteiger partial charge in [0.2, 0.25) is 0 Å². The van der Waals surface area contributed by atoms with Crippen molar-refractivity contribution in [1.29, 1.82) is 0 Å². The van der Waals surface area contributed by atoms with Gasteiger partial charge in [-0.2, -0.15) is 0 Å². The molecule has 1 aromatic heterocycles. The molecule has 0 radical (unpaired) electrons. The Bertz CT molecular complexity index is 318. The predicted octanol–water partition coefficient (Wildman–Crippen LogP) is 3.33. The highest BCUT2D eigenvalue weighted by Gasteiger charge is 1.97. The normalized spacial score (nSPS) is 8.91. The molecule has 0 spiro atoms. The molecule has 0 saturated carbocycles. The van der Waals surface area contributed by atoms with Gasteiger partial charge >= 0.3 is 0 Å². The summed E-state index contributed by atoms with van der Waals surface area (Å²) in [5.74, 6) is 0. The number of halogens is 2. The van der Waals surface area contributed by atoms with Crippen LogP contribution in [0.25, 0.3) is 10.4 Å². The Kier molecular flexibility index (Phi) is 2.54. The van der Waals surface area contributed by atoms with Crippen LogP contribution in [-0.4, -0.2) is 4.98 Å². The van der Waals surface area contributed by atoms with Crippen LogP contribution in [-0.2, 0) is 0 Å². The van der Waals surface area contributed by atoms with Crippen LogP contribution in [0.2, 0.25) is 10.2 Å². The average molecular weight is 189 g/mol. The van der Waals surface area contributed by atoms with Gasteiger partial charge in [-0.25, -0.2) is 4.98 Å². The fraction of sp³-hybridized carbons (Fsp3) is 0. The molecule has 11 heavy (non-hydrogen) atoms. The van der Waals surface area contributed by atoms with Gasteiger partial charge in [0, 0.05) is 11.1 Å². The van der Waals surface area contributed by atoms with Crippen molar-refractivity contribution in [2.24, 2.45) is 5.11 Å². The molecule has 56 valence electrons. The van der Waals surface area contributed by atoms with E-state index in [-0.39, 0.29) is 10.2 Å². The van der Waals surface area contributed by atoms with Crippen molar-refractivity contribution < 1.29 is 0 Å². The van der Waals surface area contributed by atoms with Crippen LogP contribution < -0.4 is 0 Å². The maximum atomic E-state index is 8.03. The minimum atomic E-state index is 0.198. The Labute approximate surface area is 72.4 Å². The number of nitrogens with zero attached hydrogens (tertiary/aromatic N) is 4. The predicted molar refractivity (Wildman–Crippen MR) is 43.1 cm³/mol. The third-order valence-corrected chi connectivity index (χ3v) is 1.63. The van der Waals surface area contributed by atoms with E-state index >= 15 is 0 Å². The summed E-state index contributed by atoms with van der Waals surface area (Å²) >= 11 is 11.1. The Morgan fingerprint density at radius 3 is 2.82 bits per heavy atom. The first-order chi connectivity index (χ1) is 5.24. The van der Waals surface area contributed by atoms with Gasteiger partial charge in [0.05, 0.1) is 10.7 Å². The summed E-state index contributed by atoms with van der Waals surface area (Å²) in [7, 11) is 0. The van der Waals surface area contributed by atoms with Gasteiger partial charge < -0.3 is 0 Å². The first-order valence-corrected chi connectivity index (χ1v) is 3.36. The molecule has 4 nitrogen and oxygen atoms in total. The first-order valence-electron chi connectivity index (χ1n) is 2.60. The van der Waals surface area contributed by atoms with E-state index in [1.807, 2.05) is 0 Å².